The molecule has 2 N–H and O–H groups in total. The third-order valence-corrected chi connectivity index (χ3v) is 3.49. The average molecular weight is 307 g/mol. The fraction of sp³-hybridized carbons (Fsp3) is 0.917. The van der Waals surface area contributed by atoms with Crippen LogP contribution in [0.2, 0.25) is 0 Å². The van der Waals surface area contributed by atoms with Crippen LogP contribution in [0.15, 0.2) is 0 Å². The molecule has 0 radical (unpaired) electrons. The molecule has 1 amide bonds. The van der Waals surface area contributed by atoms with Crippen molar-refractivity contribution in [3.63, 3.8) is 0 Å². The molecule has 1 aliphatic heterocycles. The molecule has 0 aromatic heterocycles. The number of amides is 1. The van der Waals surface area contributed by atoms with Crippen LogP contribution in [-0.4, -0.2) is 63.5 Å². The van der Waals surface area contributed by atoms with Crippen molar-refractivity contribution < 1.29 is 17.9 Å². The van der Waals surface area contributed by atoms with Gasteiger partial charge in [0.25, 0.3) is 0 Å². The van der Waals surface area contributed by atoms with Crippen LogP contribution in [0.1, 0.15) is 27.2 Å². The van der Waals surface area contributed by atoms with Crippen molar-refractivity contribution in [1.29, 1.82) is 0 Å². The van der Waals surface area contributed by atoms with Crippen LogP contribution in [0.5, 0.6) is 0 Å². The van der Waals surface area contributed by atoms with E-state index in [1.165, 1.54) is 0 Å². The van der Waals surface area contributed by atoms with Crippen molar-refractivity contribution in [2.45, 2.75) is 38.8 Å². The molecule has 0 spiro atoms. The third kappa shape index (κ3) is 7.06. The van der Waals surface area contributed by atoms with Crippen molar-refractivity contribution in [1.82, 2.24) is 14.9 Å². The Morgan fingerprint density at radius 2 is 2.00 bits per heavy atom. The second-order valence-electron chi connectivity index (χ2n) is 6.03. The molecule has 1 unspecified atom stereocenters. The Morgan fingerprint density at radius 1 is 1.35 bits per heavy atom. The van der Waals surface area contributed by atoms with Crippen molar-refractivity contribution in [3.05, 3.63) is 0 Å². The van der Waals surface area contributed by atoms with Gasteiger partial charge in [0.15, 0.2) is 0 Å². The first-order valence-corrected chi connectivity index (χ1v) is 8.62. The van der Waals surface area contributed by atoms with Gasteiger partial charge in [0.05, 0.1) is 6.26 Å². The van der Waals surface area contributed by atoms with Crippen LogP contribution in [0, 0.1) is 0 Å². The van der Waals surface area contributed by atoms with Crippen molar-refractivity contribution in [3.8, 4) is 0 Å². The van der Waals surface area contributed by atoms with Crippen molar-refractivity contribution >= 4 is 16.1 Å². The maximum absolute atomic E-state index is 11.9. The molecule has 7 nitrogen and oxygen atoms in total. The summed E-state index contributed by atoms with van der Waals surface area (Å²) < 4.78 is 29.5. The van der Waals surface area contributed by atoms with E-state index in [-0.39, 0.29) is 12.1 Å². The number of hydrogen-bond acceptors (Lipinski definition) is 5. The summed E-state index contributed by atoms with van der Waals surface area (Å²) in [5, 5.41) is 3.23. The molecule has 8 heteroatoms. The van der Waals surface area contributed by atoms with E-state index in [4.69, 9.17) is 4.74 Å². The second-order valence-corrected chi connectivity index (χ2v) is 7.87. The summed E-state index contributed by atoms with van der Waals surface area (Å²) in [5.41, 5.74) is -0.484. The highest BCUT2D eigenvalue weighted by Gasteiger charge is 2.29. The standard InChI is InChI=1S/C12H25N3O4S/c1-12(2,3)19-11(16)15-8-5-10(9-15)13-6-7-14-20(4,17)18/h10,13-14H,5-9H2,1-4H3. The molecular formula is C12H25N3O4S. The topological polar surface area (TPSA) is 87.7 Å². The van der Waals surface area contributed by atoms with Crippen LogP contribution in [0.3, 0.4) is 0 Å². The SMILES string of the molecule is CC(C)(C)OC(=O)N1CCC(NCCNS(C)(=O)=O)C1. The lowest BCUT2D eigenvalue weighted by Crippen LogP contribution is -2.40. The summed E-state index contributed by atoms with van der Waals surface area (Å²) in [6.45, 7) is 7.66. The van der Waals surface area contributed by atoms with Gasteiger partial charge in [-0.1, -0.05) is 0 Å². The molecule has 1 heterocycles. The summed E-state index contributed by atoms with van der Waals surface area (Å²) in [6, 6.07) is 0.184. The van der Waals surface area contributed by atoms with E-state index in [0.717, 1.165) is 12.7 Å². The van der Waals surface area contributed by atoms with Crippen LogP contribution >= 0.6 is 0 Å². The van der Waals surface area contributed by atoms with Gasteiger partial charge < -0.3 is 15.0 Å². The van der Waals surface area contributed by atoms with Gasteiger partial charge in [-0.15, -0.1) is 0 Å². The van der Waals surface area contributed by atoms with Gasteiger partial charge in [0, 0.05) is 32.2 Å². The molecule has 1 saturated heterocycles. The fourth-order valence-corrected chi connectivity index (χ4v) is 2.40. The van der Waals surface area contributed by atoms with Crippen LogP contribution < -0.4 is 10.0 Å². The van der Waals surface area contributed by atoms with E-state index >= 15 is 0 Å². The molecular weight excluding hydrogens is 282 g/mol. The number of carbonyl (C=O) groups is 1. The van der Waals surface area contributed by atoms with Gasteiger partial charge in [-0.25, -0.2) is 17.9 Å². The maximum Gasteiger partial charge on any atom is 0.410 e. The summed E-state index contributed by atoms with van der Waals surface area (Å²) in [7, 11) is -3.14. The van der Waals surface area contributed by atoms with E-state index < -0.39 is 15.6 Å². The van der Waals surface area contributed by atoms with Gasteiger partial charge in [-0.3, -0.25) is 0 Å². The Hall–Kier alpha value is -0.860. The average Bonchev–Trinajstić information content (AvgIpc) is 2.69. The van der Waals surface area contributed by atoms with Gasteiger partial charge in [-0.05, 0) is 27.2 Å². The van der Waals surface area contributed by atoms with E-state index in [2.05, 4.69) is 10.0 Å². The molecule has 0 bridgehead atoms. The van der Waals surface area contributed by atoms with E-state index in [1.54, 1.807) is 4.90 Å². The summed E-state index contributed by atoms with van der Waals surface area (Å²) in [4.78, 5) is 13.5. The van der Waals surface area contributed by atoms with Crippen LogP contribution in [0.4, 0.5) is 4.79 Å². The molecule has 1 atom stereocenters. The Bertz CT molecular complexity index is 430. The Kier molecular flexibility index (Phi) is 5.79. The largest absolute Gasteiger partial charge is 0.444 e. The minimum absolute atomic E-state index is 0.184. The van der Waals surface area contributed by atoms with Crippen LogP contribution in [0.25, 0.3) is 0 Å². The number of rotatable bonds is 5. The van der Waals surface area contributed by atoms with Gasteiger partial charge >= 0.3 is 6.09 Å². The molecule has 1 aliphatic rings. The number of likely N-dealkylation sites (tertiary alicyclic amines) is 1. The number of carbonyl (C=O) groups excluding carboxylic acids is 1. The number of sulfonamides is 1. The first kappa shape index (κ1) is 17.2. The normalized spacial score (nSPS) is 20.2. The predicted molar refractivity (Wildman–Crippen MR) is 77.1 cm³/mol. The monoisotopic (exact) mass is 307 g/mol. The summed E-state index contributed by atoms with van der Waals surface area (Å²) in [5.74, 6) is 0. The van der Waals surface area contributed by atoms with Gasteiger partial charge in [-0.2, -0.15) is 0 Å². The quantitative estimate of drug-likeness (QED) is 0.705. The van der Waals surface area contributed by atoms with E-state index in [9.17, 15) is 13.2 Å². The lowest BCUT2D eigenvalue weighted by Gasteiger charge is -2.24. The highest BCUT2D eigenvalue weighted by molar-refractivity contribution is 7.88. The van der Waals surface area contributed by atoms with E-state index in [1.807, 2.05) is 20.8 Å². The second kappa shape index (κ2) is 6.73. The molecule has 1 fully saturated rings. The zero-order chi connectivity index (χ0) is 15.4. The fourth-order valence-electron chi connectivity index (χ4n) is 1.93. The molecule has 20 heavy (non-hydrogen) atoms. The smallest absolute Gasteiger partial charge is 0.410 e. The van der Waals surface area contributed by atoms with Gasteiger partial charge in [0.2, 0.25) is 10.0 Å². The van der Waals surface area contributed by atoms with Crippen molar-refractivity contribution in [2.24, 2.45) is 0 Å². The number of nitrogens with zero attached hydrogens (tertiary/aromatic N) is 1. The molecule has 1 rings (SSSR count). The number of ether oxygens (including phenoxy) is 1. The highest BCUT2D eigenvalue weighted by atomic mass is 32.2. The number of hydrogen-bond donors (Lipinski definition) is 2. The lowest BCUT2D eigenvalue weighted by molar-refractivity contribution is 0.0291. The Balaban J connectivity index is 2.25. The lowest BCUT2D eigenvalue weighted by atomic mass is 10.2. The molecule has 118 valence electrons. The first-order valence-electron chi connectivity index (χ1n) is 6.73. The van der Waals surface area contributed by atoms with E-state index in [0.29, 0.717) is 26.2 Å². The molecule has 0 aliphatic carbocycles. The zero-order valence-corrected chi connectivity index (χ0v) is 13.4. The Labute approximate surface area is 121 Å². The predicted octanol–water partition coefficient (Wildman–Crippen LogP) is 0.135. The van der Waals surface area contributed by atoms with Crippen LogP contribution in [-0.2, 0) is 14.8 Å². The molecule has 0 aromatic rings. The van der Waals surface area contributed by atoms with Gasteiger partial charge in [0.1, 0.15) is 5.60 Å². The Morgan fingerprint density at radius 3 is 2.55 bits per heavy atom. The molecule has 0 aromatic carbocycles. The molecule has 0 saturated carbocycles. The summed E-state index contributed by atoms with van der Waals surface area (Å²) in [6.07, 6.45) is 1.68. The minimum Gasteiger partial charge on any atom is -0.444 e. The maximum atomic E-state index is 11.9. The summed E-state index contributed by atoms with van der Waals surface area (Å²) >= 11 is 0. The number of nitrogens with one attached hydrogen (secondary N) is 2. The highest BCUT2D eigenvalue weighted by Crippen LogP contribution is 2.15. The first-order chi connectivity index (χ1) is 9.07. The third-order valence-electron chi connectivity index (χ3n) is 2.76. The minimum atomic E-state index is -3.14. The zero-order valence-electron chi connectivity index (χ0n) is 12.6. The van der Waals surface area contributed by atoms with Crippen molar-refractivity contribution in [2.75, 3.05) is 32.4 Å².